The molecule has 1 heterocycles. The lowest BCUT2D eigenvalue weighted by Gasteiger charge is -2.29. The Kier molecular flexibility index (Phi) is 4.48. The van der Waals surface area contributed by atoms with E-state index in [1.807, 2.05) is 0 Å². The van der Waals surface area contributed by atoms with Gasteiger partial charge in [-0.2, -0.15) is 0 Å². The van der Waals surface area contributed by atoms with Gasteiger partial charge in [-0.05, 0) is 11.6 Å². The maximum Gasteiger partial charge on any atom is 0.126 e. The van der Waals surface area contributed by atoms with E-state index in [4.69, 9.17) is 0 Å². The van der Waals surface area contributed by atoms with Crippen molar-refractivity contribution in [3.05, 3.63) is 35.6 Å². The largest absolute Gasteiger partial charge is 0.391 e. The van der Waals surface area contributed by atoms with E-state index >= 15 is 0 Å². The zero-order chi connectivity index (χ0) is 12.1. The minimum atomic E-state index is -0.495. The highest BCUT2D eigenvalue weighted by Gasteiger charge is 2.15. The van der Waals surface area contributed by atoms with Crippen molar-refractivity contribution < 1.29 is 9.50 Å². The number of rotatable bonds is 4. The molecule has 0 bridgehead atoms. The van der Waals surface area contributed by atoms with Gasteiger partial charge in [0.25, 0.3) is 0 Å². The second kappa shape index (κ2) is 6.10. The van der Waals surface area contributed by atoms with Crippen molar-refractivity contribution in [3.63, 3.8) is 0 Å². The maximum atomic E-state index is 13.4. The highest BCUT2D eigenvalue weighted by molar-refractivity contribution is 5.18. The third-order valence-corrected chi connectivity index (χ3v) is 3.09. The van der Waals surface area contributed by atoms with Crippen LogP contribution in [0.4, 0.5) is 4.39 Å². The summed E-state index contributed by atoms with van der Waals surface area (Å²) in [4.78, 5) is 2.21. The molecular formula is C13H19FN2O. The molecule has 0 radical (unpaired) electrons. The number of hydrogen-bond donors (Lipinski definition) is 2. The topological polar surface area (TPSA) is 35.5 Å². The number of aliphatic hydroxyl groups excluding tert-OH is 1. The summed E-state index contributed by atoms with van der Waals surface area (Å²) in [5.74, 6) is -0.230. The molecule has 17 heavy (non-hydrogen) atoms. The van der Waals surface area contributed by atoms with Crippen molar-refractivity contribution in [1.29, 1.82) is 0 Å². The fraction of sp³-hybridized carbons (Fsp3) is 0.538. The first-order valence-corrected chi connectivity index (χ1v) is 6.10. The van der Waals surface area contributed by atoms with E-state index in [9.17, 15) is 9.50 Å². The molecule has 2 rings (SSSR count). The van der Waals surface area contributed by atoms with Crippen molar-refractivity contribution in [1.82, 2.24) is 10.2 Å². The molecule has 1 aromatic rings. The number of piperazine rings is 1. The summed E-state index contributed by atoms with van der Waals surface area (Å²) in [7, 11) is 0. The Hall–Kier alpha value is -0.970. The van der Waals surface area contributed by atoms with Crippen LogP contribution in [0.1, 0.15) is 5.56 Å². The molecule has 1 aliphatic rings. The van der Waals surface area contributed by atoms with Crippen LogP contribution in [0.3, 0.4) is 0 Å². The number of nitrogens with zero attached hydrogens (tertiary/aromatic N) is 1. The van der Waals surface area contributed by atoms with Gasteiger partial charge in [-0.15, -0.1) is 0 Å². The summed E-state index contributed by atoms with van der Waals surface area (Å²) in [5, 5.41) is 13.2. The third kappa shape index (κ3) is 3.77. The van der Waals surface area contributed by atoms with Crippen LogP contribution in [0.25, 0.3) is 0 Å². The van der Waals surface area contributed by atoms with Crippen LogP contribution in [0.5, 0.6) is 0 Å². The maximum absolute atomic E-state index is 13.4. The Labute approximate surface area is 101 Å². The molecule has 2 N–H and O–H groups in total. The Balaban J connectivity index is 1.84. The van der Waals surface area contributed by atoms with Gasteiger partial charge in [0.05, 0.1) is 6.10 Å². The predicted molar refractivity (Wildman–Crippen MR) is 65.4 cm³/mol. The summed E-state index contributed by atoms with van der Waals surface area (Å²) in [6, 6.07) is 6.64. The lowest BCUT2D eigenvalue weighted by molar-refractivity contribution is 0.104. The smallest absolute Gasteiger partial charge is 0.126 e. The van der Waals surface area contributed by atoms with E-state index in [0.29, 0.717) is 18.5 Å². The van der Waals surface area contributed by atoms with Gasteiger partial charge in [0.1, 0.15) is 5.82 Å². The SMILES string of the molecule is OC(Cc1ccccc1F)CN1CCNCC1. The molecule has 0 saturated carbocycles. The quantitative estimate of drug-likeness (QED) is 0.808. The van der Waals surface area contributed by atoms with Crippen molar-refractivity contribution in [3.8, 4) is 0 Å². The highest BCUT2D eigenvalue weighted by Crippen LogP contribution is 2.10. The van der Waals surface area contributed by atoms with Crippen LogP contribution in [-0.2, 0) is 6.42 Å². The molecule has 1 unspecified atom stereocenters. The Morgan fingerprint density at radius 3 is 2.71 bits per heavy atom. The average Bonchev–Trinajstić information content (AvgIpc) is 2.33. The highest BCUT2D eigenvalue weighted by atomic mass is 19.1. The van der Waals surface area contributed by atoms with Crippen LogP contribution in [0.2, 0.25) is 0 Å². The van der Waals surface area contributed by atoms with Crippen LogP contribution in [-0.4, -0.2) is 48.8 Å². The molecule has 1 saturated heterocycles. The van der Waals surface area contributed by atoms with Crippen LogP contribution >= 0.6 is 0 Å². The molecule has 0 aliphatic carbocycles. The number of halogens is 1. The summed E-state index contributed by atoms with van der Waals surface area (Å²) in [5.41, 5.74) is 0.593. The standard InChI is InChI=1S/C13H19FN2O/c14-13-4-2-1-3-11(13)9-12(17)10-16-7-5-15-6-8-16/h1-4,12,15,17H,5-10H2. The van der Waals surface area contributed by atoms with Gasteiger partial charge in [-0.1, -0.05) is 18.2 Å². The van der Waals surface area contributed by atoms with Crippen LogP contribution in [0, 0.1) is 5.82 Å². The molecule has 4 heteroatoms. The number of nitrogens with one attached hydrogen (secondary N) is 1. The molecule has 1 aliphatic heterocycles. The molecular weight excluding hydrogens is 219 g/mol. The van der Waals surface area contributed by atoms with E-state index in [0.717, 1.165) is 26.2 Å². The Morgan fingerprint density at radius 1 is 1.29 bits per heavy atom. The van der Waals surface area contributed by atoms with Gasteiger partial charge >= 0.3 is 0 Å². The monoisotopic (exact) mass is 238 g/mol. The number of aliphatic hydroxyl groups is 1. The summed E-state index contributed by atoms with van der Waals surface area (Å²) >= 11 is 0. The van der Waals surface area contributed by atoms with Crippen LogP contribution in [0.15, 0.2) is 24.3 Å². The lowest BCUT2D eigenvalue weighted by atomic mass is 10.1. The molecule has 3 nitrogen and oxygen atoms in total. The van der Waals surface area contributed by atoms with E-state index in [1.54, 1.807) is 18.2 Å². The number of benzene rings is 1. The van der Waals surface area contributed by atoms with Gasteiger partial charge in [0, 0.05) is 39.1 Å². The number of β-amino-alcohol motifs (C(OH)–C–C–N with tert-alkyl or cyclic N) is 1. The summed E-state index contributed by atoms with van der Waals surface area (Å²) < 4.78 is 13.4. The number of hydrogen-bond acceptors (Lipinski definition) is 3. The fourth-order valence-electron chi connectivity index (χ4n) is 2.17. The molecule has 0 amide bonds. The third-order valence-electron chi connectivity index (χ3n) is 3.09. The first-order valence-electron chi connectivity index (χ1n) is 6.10. The predicted octanol–water partition coefficient (Wildman–Crippen LogP) is 0.634. The van der Waals surface area contributed by atoms with Gasteiger partial charge in [0.2, 0.25) is 0 Å². The van der Waals surface area contributed by atoms with Crippen molar-refractivity contribution in [2.45, 2.75) is 12.5 Å². The summed E-state index contributed by atoms with van der Waals surface area (Å²) in [6.07, 6.45) is -0.110. The van der Waals surface area contributed by atoms with E-state index in [-0.39, 0.29) is 5.82 Å². The van der Waals surface area contributed by atoms with E-state index < -0.39 is 6.10 Å². The van der Waals surface area contributed by atoms with Gasteiger partial charge in [-0.3, -0.25) is 4.90 Å². The zero-order valence-corrected chi connectivity index (χ0v) is 9.90. The van der Waals surface area contributed by atoms with Crippen molar-refractivity contribution in [2.75, 3.05) is 32.7 Å². The van der Waals surface area contributed by atoms with Gasteiger partial charge in [0.15, 0.2) is 0 Å². The fourth-order valence-corrected chi connectivity index (χ4v) is 2.17. The average molecular weight is 238 g/mol. The van der Waals surface area contributed by atoms with E-state index in [1.165, 1.54) is 6.07 Å². The second-order valence-corrected chi connectivity index (χ2v) is 4.50. The van der Waals surface area contributed by atoms with E-state index in [2.05, 4.69) is 10.2 Å². The van der Waals surface area contributed by atoms with Crippen molar-refractivity contribution in [2.24, 2.45) is 0 Å². The van der Waals surface area contributed by atoms with Crippen molar-refractivity contribution >= 4 is 0 Å². The first-order chi connectivity index (χ1) is 8.25. The van der Waals surface area contributed by atoms with Gasteiger partial charge < -0.3 is 10.4 Å². The molecule has 0 aromatic heterocycles. The minimum absolute atomic E-state index is 0.230. The first kappa shape index (κ1) is 12.5. The molecule has 94 valence electrons. The summed E-state index contributed by atoms with van der Waals surface area (Å²) in [6.45, 7) is 4.46. The van der Waals surface area contributed by atoms with Gasteiger partial charge in [-0.25, -0.2) is 4.39 Å². The molecule has 1 aromatic carbocycles. The molecule has 1 fully saturated rings. The second-order valence-electron chi connectivity index (χ2n) is 4.50. The zero-order valence-electron chi connectivity index (χ0n) is 9.90. The molecule has 0 spiro atoms. The molecule has 1 atom stereocenters. The van der Waals surface area contributed by atoms with Crippen LogP contribution < -0.4 is 5.32 Å². The minimum Gasteiger partial charge on any atom is -0.391 e. The Bertz CT molecular complexity index is 353. The lowest BCUT2D eigenvalue weighted by Crippen LogP contribution is -2.46. The normalized spacial score (nSPS) is 19.2. The Morgan fingerprint density at radius 2 is 2.00 bits per heavy atom.